The molecule has 0 radical (unpaired) electrons. The molecular formula is C10H15N5O4S. The van der Waals surface area contributed by atoms with Gasteiger partial charge in [-0.3, -0.25) is 4.79 Å². The highest BCUT2D eigenvalue weighted by molar-refractivity contribution is 7.09. The molecule has 1 aromatic rings. The van der Waals surface area contributed by atoms with E-state index in [0.717, 1.165) is 11.5 Å². The first-order valence-electron chi connectivity index (χ1n) is 5.50. The Balaban J connectivity index is 2.66. The fourth-order valence-electron chi connectivity index (χ4n) is 1.05. The van der Waals surface area contributed by atoms with Crippen LogP contribution in [0.5, 0.6) is 0 Å². The number of rotatable bonds is 5. The van der Waals surface area contributed by atoms with E-state index in [1.807, 2.05) is 0 Å². The summed E-state index contributed by atoms with van der Waals surface area (Å²) in [7, 11) is 0. The van der Waals surface area contributed by atoms with Crippen LogP contribution >= 0.6 is 11.5 Å². The van der Waals surface area contributed by atoms with Gasteiger partial charge in [-0.25, -0.2) is 4.79 Å². The first-order valence-corrected chi connectivity index (χ1v) is 6.27. The summed E-state index contributed by atoms with van der Waals surface area (Å²) in [6.45, 7) is 4.68. The van der Waals surface area contributed by atoms with Crippen LogP contribution < -0.4 is 11.5 Å². The Morgan fingerprint density at radius 1 is 1.40 bits per heavy atom. The second kappa shape index (κ2) is 6.28. The van der Waals surface area contributed by atoms with Crippen molar-refractivity contribution in [2.24, 2.45) is 10.9 Å². The minimum atomic E-state index is -0.896. The van der Waals surface area contributed by atoms with Gasteiger partial charge in [0.1, 0.15) is 5.60 Å². The van der Waals surface area contributed by atoms with Crippen LogP contribution in [0.1, 0.15) is 26.6 Å². The third-order valence-corrected chi connectivity index (χ3v) is 2.19. The normalized spacial score (nSPS) is 12.1. The van der Waals surface area contributed by atoms with Gasteiger partial charge >= 0.3 is 5.97 Å². The van der Waals surface area contributed by atoms with Crippen LogP contribution in [0.25, 0.3) is 0 Å². The van der Waals surface area contributed by atoms with Crippen LogP contribution in [0.3, 0.4) is 0 Å². The average molecular weight is 301 g/mol. The number of carbonyl (C=O) groups is 2. The Bertz CT molecular complexity index is 534. The molecule has 10 heteroatoms. The van der Waals surface area contributed by atoms with Crippen molar-refractivity contribution in [3.05, 3.63) is 5.82 Å². The lowest BCUT2D eigenvalue weighted by Gasteiger charge is -2.18. The topological polar surface area (TPSA) is 143 Å². The van der Waals surface area contributed by atoms with Crippen molar-refractivity contribution in [2.75, 3.05) is 12.3 Å². The number of hydrogen-bond acceptors (Lipinski definition) is 9. The molecule has 0 unspecified atom stereocenters. The molecule has 0 aliphatic heterocycles. The average Bonchev–Trinajstić information content (AvgIpc) is 2.68. The second-order valence-electron chi connectivity index (χ2n) is 4.62. The second-order valence-corrected chi connectivity index (χ2v) is 5.40. The third kappa shape index (κ3) is 5.18. The molecule has 0 saturated heterocycles. The highest BCUT2D eigenvalue weighted by Crippen LogP contribution is 2.08. The van der Waals surface area contributed by atoms with Gasteiger partial charge in [-0.2, -0.15) is 9.36 Å². The molecule has 0 bridgehead atoms. The summed E-state index contributed by atoms with van der Waals surface area (Å²) in [5.41, 5.74) is 9.54. The zero-order valence-corrected chi connectivity index (χ0v) is 12.1. The molecule has 20 heavy (non-hydrogen) atoms. The van der Waals surface area contributed by atoms with Gasteiger partial charge in [-0.1, -0.05) is 5.16 Å². The standard InChI is InChI=1S/C10H15N5O4S/c1-10(2,3)19-5(16)4-18-14-6(7(11)17)8-13-9(12)20-15-8/h4H2,1-3H3,(H2,11,17)(H2,12,13,15). The maximum Gasteiger partial charge on any atom is 0.347 e. The number of amides is 1. The summed E-state index contributed by atoms with van der Waals surface area (Å²) in [6.07, 6.45) is 0. The smallest absolute Gasteiger partial charge is 0.347 e. The Morgan fingerprint density at radius 2 is 2.05 bits per heavy atom. The molecule has 1 amide bonds. The molecule has 4 N–H and O–H groups in total. The molecule has 0 aromatic carbocycles. The SMILES string of the molecule is CC(C)(C)OC(=O)CON=C(C(N)=O)c1nsc(N)n1. The fraction of sp³-hybridized carbons (Fsp3) is 0.500. The van der Waals surface area contributed by atoms with Gasteiger partial charge in [0, 0.05) is 11.5 Å². The van der Waals surface area contributed by atoms with Crippen molar-refractivity contribution in [3.8, 4) is 0 Å². The molecule has 1 heterocycles. The van der Waals surface area contributed by atoms with Gasteiger partial charge in [-0.05, 0) is 20.8 Å². The van der Waals surface area contributed by atoms with Crippen LogP contribution in [0.4, 0.5) is 5.13 Å². The Hall–Kier alpha value is -2.23. The Morgan fingerprint density at radius 3 is 2.50 bits per heavy atom. The van der Waals surface area contributed by atoms with E-state index in [1.165, 1.54) is 0 Å². The van der Waals surface area contributed by atoms with Crippen molar-refractivity contribution in [1.29, 1.82) is 0 Å². The highest BCUT2D eigenvalue weighted by atomic mass is 32.1. The molecule has 0 atom stereocenters. The number of anilines is 1. The predicted octanol–water partition coefficient (Wildman–Crippen LogP) is -0.332. The number of hydrogen-bond donors (Lipinski definition) is 2. The molecule has 0 fully saturated rings. The summed E-state index contributed by atoms with van der Waals surface area (Å²) in [5.74, 6) is -1.58. The number of primary amides is 1. The van der Waals surface area contributed by atoms with Gasteiger partial charge in [0.05, 0.1) is 0 Å². The lowest BCUT2D eigenvalue weighted by atomic mass is 10.2. The van der Waals surface area contributed by atoms with Crippen molar-refractivity contribution in [1.82, 2.24) is 9.36 Å². The number of nitrogens with two attached hydrogens (primary N) is 2. The fourth-order valence-corrected chi connectivity index (χ4v) is 1.48. The third-order valence-electron chi connectivity index (χ3n) is 1.65. The van der Waals surface area contributed by atoms with E-state index < -0.39 is 24.1 Å². The van der Waals surface area contributed by atoms with E-state index in [2.05, 4.69) is 14.5 Å². The molecule has 0 saturated carbocycles. The highest BCUT2D eigenvalue weighted by Gasteiger charge is 2.19. The van der Waals surface area contributed by atoms with Crippen LogP contribution in [0.2, 0.25) is 0 Å². The molecule has 110 valence electrons. The van der Waals surface area contributed by atoms with Crippen molar-refractivity contribution < 1.29 is 19.2 Å². The van der Waals surface area contributed by atoms with Gasteiger partial charge < -0.3 is 21.0 Å². The van der Waals surface area contributed by atoms with Gasteiger partial charge in [0.15, 0.2) is 5.13 Å². The summed E-state index contributed by atoms with van der Waals surface area (Å²) in [5, 5.41) is 3.60. The van der Waals surface area contributed by atoms with Gasteiger partial charge in [0.25, 0.3) is 5.91 Å². The molecule has 0 aliphatic rings. The minimum Gasteiger partial charge on any atom is -0.457 e. The molecular weight excluding hydrogens is 286 g/mol. The number of nitrogen functional groups attached to an aromatic ring is 1. The van der Waals surface area contributed by atoms with Gasteiger partial charge in [0.2, 0.25) is 18.1 Å². The van der Waals surface area contributed by atoms with Crippen molar-refractivity contribution in [3.63, 3.8) is 0 Å². The van der Waals surface area contributed by atoms with E-state index in [9.17, 15) is 9.59 Å². The van der Waals surface area contributed by atoms with Crippen molar-refractivity contribution >= 4 is 34.3 Å². The molecule has 1 rings (SSSR count). The molecule has 1 aromatic heterocycles. The first-order chi connectivity index (χ1) is 9.19. The monoisotopic (exact) mass is 301 g/mol. The Labute approximate surface area is 119 Å². The van der Waals surface area contributed by atoms with E-state index in [1.54, 1.807) is 20.8 Å². The quantitative estimate of drug-likeness (QED) is 0.430. The first kappa shape index (κ1) is 15.8. The molecule has 9 nitrogen and oxygen atoms in total. The summed E-state index contributed by atoms with van der Waals surface area (Å²) in [4.78, 5) is 31.0. The summed E-state index contributed by atoms with van der Waals surface area (Å²) in [6, 6.07) is 0. The predicted molar refractivity (Wildman–Crippen MR) is 71.8 cm³/mol. The summed E-state index contributed by atoms with van der Waals surface area (Å²) < 4.78 is 8.76. The van der Waals surface area contributed by atoms with Crippen LogP contribution in [0.15, 0.2) is 5.16 Å². The van der Waals surface area contributed by atoms with Gasteiger partial charge in [-0.15, -0.1) is 0 Å². The zero-order chi connectivity index (χ0) is 15.3. The number of aromatic nitrogens is 2. The lowest BCUT2D eigenvalue weighted by molar-refractivity contribution is -0.160. The number of carbonyl (C=O) groups excluding carboxylic acids is 2. The van der Waals surface area contributed by atoms with E-state index in [0.29, 0.717) is 0 Å². The van der Waals surface area contributed by atoms with E-state index in [4.69, 9.17) is 21.0 Å². The summed E-state index contributed by atoms with van der Waals surface area (Å²) >= 11 is 0.879. The largest absolute Gasteiger partial charge is 0.457 e. The van der Waals surface area contributed by atoms with Crippen LogP contribution in [-0.4, -0.2) is 39.2 Å². The Kier molecular flexibility index (Phi) is 4.97. The van der Waals surface area contributed by atoms with Crippen LogP contribution in [0, 0.1) is 0 Å². The maximum absolute atomic E-state index is 11.4. The van der Waals surface area contributed by atoms with E-state index in [-0.39, 0.29) is 16.7 Å². The van der Waals surface area contributed by atoms with Crippen molar-refractivity contribution in [2.45, 2.75) is 26.4 Å². The number of oxime groups is 1. The van der Waals surface area contributed by atoms with E-state index >= 15 is 0 Å². The minimum absolute atomic E-state index is 0.0517. The number of ether oxygens (including phenoxy) is 1. The van der Waals surface area contributed by atoms with Crippen LogP contribution in [-0.2, 0) is 19.2 Å². The molecule has 0 aliphatic carbocycles. The zero-order valence-electron chi connectivity index (χ0n) is 11.2. The lowest BCUT2D eigenvalue weighted by Crippen LogP contribution is -2.28. The number of nitrogens with zero attached hydrogens (tertiary/aromatic N) is 3. The number of esters is 1. The maximum atomic E-state index is 11.4. The molecule has 0 spiro atoms.